The van der Waals surface area contributed by atoms with Gasteiger partial charge in [-0.3, -0.25) is 9.59 Å². The van der Waals surface area contributed by atoms with Crippen LogP contribution in [0, 0.1) is 18.8 Å². The van der Waals surface area contributed by atoms with Crippen molar-refractivity contribution in [1.29, 1.82) is 0 Å². The Hall–Kier alpha value is -4.22. The topological polar surface area (TPSA) is 113 Å². The Bertz CT molecular complexity index is 1330. The molecule has 0 aliphatic heterocycles. The van der Waals surface area contributed by atoms with E-state index in [9.17, 15) is 9.59 Å². The van der Waals surface area contributed by atoms with E-state index in [1.807, 2.05) is 39.2 Å². The normalized spacial score (nSPS) is 11.0. The number of carbonyl (C=O) groups is 2. The zero-order valence-electron chi connectivity index (χ0n) is 21.6. The molecule has 0 radical (unpaired) electrons. The summed E-state index contributed by atoms with van der Waals surface area (Å²) in [4.78, 5) is 35.2. The largest absolute Gasteiger partial charge is 0.368 e. The van der Waals surface area contributed by atoms with Crippen molar-refractivity contribution in [2.24, 2.45) is 0 Å². The van der Waals surface area contributed by atoms with Crippen LogP contribution < -0.4 is 16.4 Å². The summed E-state index contributed by atoms with van der Waals surface area (Å²) in [6.07, 6.45) is 3.11. The lowest BCUT2D eigenvalue weighted by molar-refractivity contribution is -0.116. The highest BCUT2D eigenvalue weighted by Gasteiger charge is 2.20. The molecule has 186 valence electrons. The summed E-state index contributed by atoms with van der Waals surface area (Å²) in [5.41, 5.74) is 10.3. The molecule has 36 heavy (non-hydrogen) atoms. The lowest BCUT2D eigenvalue weighted by atomic mass is 9.85. The SMILES string of the molecule is Cc1ccc(C(=O)Nc2ccc(C(C)(C)C)c(NC(=O)CN(C)C)c2)cc1C#Cc1cnc(N)nc1. The first-order valence-electron chi connectivity index (χ1n) is 11.5. The Kier molecular flexibility index (Phi) is 8.07. The van der Waals surface area contributed by atoms with E-state index in [-0.39, 0.29) is 29.7 Å². The second kappa shape index (κ2) is 11.0. The van der Waals surface area contributed by atoms with Crippen molar-refractivity contribution in [2.75, 3.05) is 37.0 Å². The first-order valence-corrected chi connectivity index (χ1v) is 11.5. The number of anilines is 3. The van der Waals surface area contributed by atoms with Gasteiger partial charge in [-0.25, -0.2) is 9.97 Å². The molecule has 0 atom stereocenters. The van der Waals surface area contributed by atoms with Gasteiger partial charge in [0.05, 0.1) is 12.1 Å². The summed E-state index contributed by atoms with van der Waals surface area (Å²) in [5.74, 6) is 5.86. The first kappa shape index (κ1) is 26.4. The molecule has 0 saturated carbocycles. The van der Waals surface area contributed by atoms with E-state index in [1.54, 1.807) is 35.5 Å². The number of nitrogens with zero attached hydrogens (tertiary/aromatic N) is 3. The minimum Gasteiger partial charge on any atom is -0.368 e. The Labute approximate surface area is 212 Å². The quantitative estimate of drug-likeness (QED) is 0.475. The van der Waals surface area contributed by atoms with Crippen LogP contribution in [0.1, 0.15) is 53.4 Å². The number of nitrogens with one attached hydrogen (secondary N) is 2. The number of carbonyl (C=O) groups excluding carboxylic acids is 2. The molecule has 8 nitrogen and oxygen atoms in total. The van der Waals surface area contributed by atoms with Gasteiger partial charge in [-0.2, -0.15) is 0 Å². The maximum absolute atomic E-state index is 13.1. The molecular formula is C28H32N6O2. The highest BCUT2D eigenvalue weighted by molar-refractivity contribution is 6.05. The van der Waals surface area contributed by atoms with E-state index in [0.717, 1.165) is 16.7 Å². The molecule has 0 bridgehead atoms. The van der Waals surface area contributed by atoms with E-state index in [4.69, 9.17) is 5.73 Å². The maximum atomic E-state index is 13.1. The second-order valence-corrected chi connectivity index (χ2v) is 9.86. The van der Waals surface area contributed by atoms with Gasteiger partial charge in [0.2, 0.25) is 11.9 Å². The maximum Gasteiger partial charge on any atom is 0.255 e. The van der Waals surface area contributed by atoms with Gasteiger partial charge in [0.15, 0.2) is 0 Å². The van der Waals surface area contributed by atoms with Gasteiger partial charge >= 0.3 is 0 Å². The van der Waals surface area contributed by atoms with Gasteiger partial charge in [-0.05, 0) is 61.8 Å². The van der Waals surface area contributed by atoms with Gasteiger partial charge in [-0.1, -0.05) is 44.7 Å². The zero-order valence-corrected chi connectivity index (χ0v) is 21.6. The van der Waals surface area contributed by atoms with Crippen molar-refractivity contribution in [3.8, 4) is 11.8 Å². The van der Waals surface area contributed by atoms with Crippen LogP contribution in [0.25, 0.3) is 0 Å². The molecule has 0 fully saturated rings. The third-order valence-corrected chi connectivity index (χ3v) is 5.33. The number of nitrogen functional groups attached to an aromatic ring is 1. The smallest absolute Gasteiger partial charge is 0.255 e. The zero-order chi connectivity index (χ0) is 26.5. The molecule has 3 rings (SSSR count). The third-order valence-electron chi connectivity index (χ3n) is 5.33. The summed E-state index contributed by atoms with van der Waals surface area (Å²) in [7, 11) is 3.68. The van der Waals surface area contributed by atoms with E-state index in [1.165, 1.54) is 0 Å². The highest BCUT2D eigenvalue weighted by atomic mass is 16.2. The third kappa shape index (κ3) is 7.14. The van der Waals surface area contributed by atoms with E-state index in [0.29, 0.717) is 22.5 Å². The summed E-state index contributed by atoms with van der Waals surface area (Å²) in [6, 6.07) is 10.9. The molecule has 0 saturated heterocycles. The summed E-state index contributed by atoms with van der Waals surface area (Å²) in [6.45, 7) is 8.42. The number of likely N-dealkylation sites (N-methyl/N-ethyl adjacent to an activating group) is 1. The van der Waals surface area contributed by atoms with E-state index < -0.39 is 0 Å². The minimum absolute atomic E-state index is 0.123. The van der Waals surface area contributed by atoms with Crippen LogP contribution in [-0.2, 0) is 10.2 Å². The number of hydrogen-bond acceptors (Lipinski definition) is 6. The number of aromatic nitrogens is 2. The van der Waals surface area contributed by atoms with Crippen LogP contribution in [0.4, 0.5) is 17.3 Å². The van der Waals surface area contributed by atoms with Gasteiger partial charge in [-0.15, -0.1) is 0 Å². The first-order chi connectivity index (χ1) is 16.9. The molecule has 3 aromatic rings. The van der Waals surface area contributed by atoms with Crippen molar-refractivity contribution in [1.82, 2.24) is 14.9 Å². The Morgan fingerprint density at radius 2 is 1.69 bits per heavy atom. The number of benzene rings is 2. The Balaban J connectivity index is 1.84. The standard InChI is InChI=1S/C28H32N6O2/c1-18-7-9-21(13-20(18)10-8-19-15-30-27(29)31-16-19)26(36)32-22-11-12-23(28(2,3)4)24(14-22)33-25(35)17-34(5)6/h7,9,11-16H,17H2,1-6H3,(H,32,36)(H,33,35)(H2,29,30,31). The fourth-order valence-electron chi connectivity index (χ4n) is 3.50. The molecule has 8 heteroatoms. The summed E-state index contributed by atoms with van der Waals surface area (Å²) >= 11 is 0. The van der Waals surface area contributed by atoms with Crippen molar-refractivity contribution >= 4 is 29.1 Å². The molecule has 0 aliphatic carbocycles. The molecule has 0 unspecified atom stereocenters. The van der Waals surface area contributed by atoms with Crippen LogP contribution in [-0.4, -0.2) is 47.3 Å². The van der Waals surface area contributed by atoms with Gasteiger partial charge in [0.1, 0.15) is 0 Å². The van der Waals surface area contributed by atoms with E-state index >= 15 is 0 Å². The fraction of sp³-hybridized carbons (Fsp3) is 0.286. The highest BCUT2D eigenvalue weighted by Crippen LogP contribution is 2.32. The monoisotopic (exact) mass is 484 g/mol. The average Bonchev–Trinajstić information content (AvgIpc) is 2.78. The molecule has 1 aromatic heterocycles. The van der Waals surface area contributed by atoms with Crippen molar-refractivity contribution < 1.29 is 9.59 Å². The number of rotatable bonds is 5. The molecule has 1 heterocycles. The van der Waals surface area contributed by atoms with Crippen molar-refractivity contribution in [2.45, 2.75) is 33.1 Å². The molecule has 0 spiro atoms. The van der Waals surface area contributed by atoms with E-state index in [2.05, 4.69) is 53.2 Å². The lowest BCUT2D eigenvalue weighted by Gasteiger charge is -2.24. The fourth-order valence-corrected chi connectivity index (χ4v) is 3.50. The van der Waals surface area contributed by atoms with Crippen LogP contribution in [0.2, 0.25) is 0 Å². The molecule has 0 aliphatic rings. The van der Waals surface area contributed by atoms with Crippen molar-refractivity contribution in [3.63, 3.8) is 0 Å². The summed E-state index contributed by atoms with van der Waals surface area (Å²) < 4.78 is 0. The van der Waals surface area contributed by atoms with Gasteiger partial charge in [0, 0.05) is 34.9 Å². The van der Waals surface area contributed by atoms with Crippen LogP contribution in [0.3, 0.4) is 0 Å². The predicted octanol–water partition coefficient (Wildman–Crippen LogP) is 3.82. The van der Waals surface area contributed by atoms with Crippen LogP contribution >= 0.6 is 0 Å². The number of aryl methyl sites for hydroxylation is 1. The average molecular weight is 485 g/mol. The number of hydrogen-bond donors (Lipinski definition) is 3. The van der Waals surface area contributed by atoms with Crippen LogP contribution in [0.15, 0.2) is 48.8 Å². The molecular weight excluding hydrogens is 452 g/mol. The number of amides is 2. The second-order valence-electron chi connectivity index (χ2n) is 9.86. The van der Waals surface area contributed by atoms with Crippen molar-refractivity contribution in [3.05, 3.63) is 76.6 Å². The predicted molar refractivity (Wildman–Crippen MR) is 144 cm³/mol. The van der Waals surface area contributed by atoms with Gasteiger partial charge < -0.3 is 21.3 Å². The molecule has 2 aromatic carbocycles. The van der Waals surface area contributed by atoms with Crippen LogP contribution in [0.5, 0.6) is 0 Å². The molecule has 4 N–H and O–H groups in total. The lowest BCUT2D eigenvalue weighted by Crippen LogP contribution is -2.28. The molecule has 2 amide bonds. The summed E-state index contributed by atoms with van der Waals surface area (Å²) in [5, 5.41) is 5.92. The minimum atomic E-state index is -0.275. The number of nitrogens with two attached hydrogens (primary N) is 1. The Morgan fingerprint density at radius 3 is 2.33 bits per heavy atom. The Morgan fingerprint density at radius 1 is 1.00 bits per heavy atom. The van der Waals surface area contributed by atoms with Gasteiger partial charge in [0.25, 0.3) is 5.91 Å².